The highest BCUT2D eigenvalue weighted by Crippen LogP contribution is 2.25. The molecule has 0 aliphatic carbocycles. The highest BCUT2D eigenvalue weighted by Gasteiger charge is 2.28. The molecule has 20 nitrogen and oxygen atoms in total. The van der Waals surface area contributed by atoms with Crippen molar-refractivity contribution in [2.75, 3.05) is 13.1 Å². The molecule has 2 atom stereocenters. The Hall–Kier alpha value is -7.33. The van der Waals surface area contributed by atoms with Crippen LogP contribution in [0.2, 0.25) is 10.0 Å². The second kappa shape index (κ2) is 28.6. The zero-order valence-electron chi connectivity index (χ0n) is 39.8. The van der Waals surface area contributed by atoms with Crippen molar-refractivity contribution in [3.8, 4) is 22.3 Å². The Kier molecular flexibility index (Phi) is 22.9. The summed E-state index contributed by atoms with van der Waals surface area (Å²) in [5, 5.41) is 35.8. The standard InChI is InChI=1S/C25H26ClN3O7.C20H18ClN3O6.C5H9ClO/c1-15(2)10-23(31)35-21(25(33)34)14-29(27-24(32)20-12-22(30)28-36-20)13-16-6-8-17(9-7-16)18-4-3-5-19(26)11-18;21-15-3-1-2-14(8-15)13-6-4-12(5-7-13)10-24(11-16(25)20(28)29)22-19(27)17-9-18(26)23-30-17;1-4(2)3-5(6)7/h3-9,11-12,15,21H,10,13-14H2,1-2H3,(H,27,32)(H,28,30)(H,33,34);1-9,16,25H,10-11H2,(H,22,27)(H,23,26)(H,28,29);4H,3H2,1-2H3/t21-;16-;/m11./s1. The molecule has 0 aliphatic rings. The van der Waals surface area contributed by atoms with Crippen LogP contribution in [0.15, 0.2) is 128 Å². The third-order valence-corrected chi connectivity index (χ3v) is 10.4. The molecule has 388 valence electrons. The number of ether oxygens (including phenoxy) is 1. The maximum Gasteiger partial charge on any atom is 0.346 e. The van der Waals surface area contributed by atoms with E-state index in [2.05, 4.69) is 10.9 Å². The van der Waals surface area contributed by atoms with Crippen molar-refractivity contribution in [1.82, 2.24) is 31.2 Å². The lowest BCUT2D eigenvalue weighted by atomic mass is 10.0. The molecule has 2 heterocycles. The number of nitrogens with one attached hydrogen (secondary N) is 4. The first-order valence-electron chi connectivity index (χ1n) is 22.2. The first kappa shape index (κ1) is 58.2. The molecule has 0 bridgehead atoms. The third-order valence-electron chi connectivity index (χ3n) is 9.74. The number of halogens is 3. The van der Waals surface area contributed by atoms with Crippen molar-refractivity contribution >= 4 is 69.8 Å². The lowest BCUT2D eigenvalue weighted by molar-refractivity contribution is -0.166. The molecule has 0 saturated carbocycles. The number of aliphatic hydroxyl groups is 1. The molecule has 7 N–H and O–H groups in total. The van der Waals surface area contributed by atoms with E-state index in [1.54, 1.807) is 38.1 Å². The molecule has 0 unspecified atom stereocenters. The molecule has 2 amide bonds. The van der Waals surface area contributed by atoms with Crippen LogP contribution in [-0.2, 0) is 37.0 Å². The topological polar surface area (TPSA) is 295 Å². The quantitative estimate of drug-likeness (QED) is 0.0214. The maximum absolute atomic E-state index is 12.6. The summed E-state index contributed by atoms with van der Waals surface area (Å²) in [7, 11) is 0. The highest BCUT2D eigenvalue weighted by atomic mass is 35.5. The Morgan fingerprint density at radius 3 is 1.36 bits per heavy atom. The summed E-state index contributed by atoms with van der Waals surface area (Å²) in [5.74, 6) is -5.18. The zero-order valence-corrected chi connectivity index (χ0v) is 42.1. The van der Waals surface area contributed by atoms with E-state index < -0.39 is 53.0 Å². The van der Waals surface area contributed by atoms with Crippen molar-refractivity contribution in [3.63, 3.8) is 0 Å². The van der Waals surface area contributed by atoms with Gasteiger partial charge in [0.25, 0.3) is 11.1 Å². The summed E-state index contributed by atoms with van der Waals surface area (Å²) in [6.45, 7) is 6.97. The molecule has 0 radical (unpaired) electrons. The van der Waals surface area contributed by atoms with Crippen molar-refractivity contribution < 1.29 is 57.9 Å². The predicted molar refractivity (Wildman–Crippen MR) is 269 cm³/mol. The molecule has 23 heteroatoms. The molecular formula is C50H53Cl3N6O14. The summed E-state index contributed by atoms with van der Waals surface area (Å²) < 4.78 is 14.7. The summed E-state index contributed by atoms with van der Waals surface area (Å²) in [6, 6.07) is 31.3. The number of aliphatic carboxylic acids is 2. The Bertz CT molecular complexity index is 2920. The lowest BCUT2D eigenvalue weighted by Crippen LogP contribution is -2.48. The average molecular weight is 1070 g/mol. The van der Waals surface area contributed by atoms with E-state index in [1.807, 2.05) is 97.0 Å². The van der Waals surface area contributed by atoms with E-state index in [9.17, 15) is 48.6 Å². The predicted octanol–water partition coefficient (Wildman–Crippen LogP) is 7.16. The van der Waals surface area contributed by atoms with Crippen LogP contribution in [0.25, 0.3) is 22.3 Å². The number of aliphatic hydroxyl groups excluding tert-OH is 1. The maximum atomic E-state index is 12.6. The number of carbonyl (C=O) groups is 6. The monoisotopic (exact) mass is 1070 g/mol. The van der Waals surface area contributed by atoms with E-state index in [1.165, 1.54) is 10.0 Å². The molecule has 0 fully saturated rings. The number of amides is 2. The first-order valence-corrected chi connectivity index (χ1v) is 23.4. The van der Waals surface area contributed by atoms with Gasteiger partial charge in [-0.05, 0) is 81.1 Å². The van der Waals surface area contributed by atoms with Gasteiger partial charge in [-0.3, -0.25) is 39.6 Å². The summed E-state index contributed by atoms with van der Waals surface area (Å²) in [4.78, 5) is 92.2. The number of hydrogen-bond acceptors (Lipinski definition) is 14. The number of benzene rings is 4. The van der Waals surface area contributed by atoms with Crippen molar-refractivity contribution in [2.45, 2.75) is 65.8 Å². The highest BCUT2D eigenvalue weighted by molar-refractivity contribution is 6.63. The van der Waals surface area contributed by atoms with Gasteiger partial charge in [0.2, 0.25) is 22.9 Å². The Morgan fingerprint density at radius 1 is 0.603 bits per heavy atom. The molecule has 4 aromatic carbocycles. The van der Waals surface area contributed by atoms with Gasteiger partial charge in [-0.15, -0.1) is 0 Å². The fraction of sp³-hybridized carbons (Fsp3) is 0.280. The number of aromatic amines is 2. The molecule has 0 saturated heterocycles. The number of esters is 1. The molecule has 0 spiro atoms. The van der Waals surface area contributed by atoms with Gasteiger partial charge in [-0.25, -0.2) is 19.6 Å². The number of carboxylic acids is 2. The van der Waals surface area contributed by atoms with Crippen LogP contribution in [0.4, 0.5) is 0 Å². The largest absolute Gasteiger partial charge is 0.479 e. The first-order chi connectivity index (χ1) is 34.5. The number of hydrogen-bond donors (Lipinski definition) is 7. The fourth-order valence-electron chi connectivity index (χ4n) is 6.38. The van der Waals surface area contributed by atoms with Gasteiger partial charge in [-0.1, -0.05) is 124 Å². The fourth-order valence-corrected chi connectivity index (χ4v) is 7.07. The summed E-state index contributed by atoms with van der Waals surface area (Å²) >= 11 is 17.1. The SMILES string of the molecule is CC(C)CC(=O)Cl.CC(C)CC(=O)O[C@H](CN(Cc1ccc(-c2cccc(Cl)c2)cc1)NC(=O)c1cc(=O)[nH]o1)C(=O)O.O=C(NN(Cc1ccc(-c2cccc(Cl)c2)cc1)C[C@@H](O)C(=O)O)c1cc(=O)[nH]o1. The number of carboxylic acid groups (broad SMARTS) is 2. The number of hydrazine groups is 2. The molecule has 6 rings (SSSR count). The van der Waals surface area contributed by atoms with Crippen LogP contribution in [0.1, 0.15) is 72.8 Å². The van der Waals surface area contributed by atoms with E-state index in [0.717, 1.165) is 45.5 Å². The van der Waals surface area contributed by atoms with Gasteiger partial charge in [0.15, 0.2) is 6.10 Å². The van der Waals surface area contributed by atoms with Gasteiger partial charge in [0, 0.05) is 36.0 Å². The van der Waals surface area contributed by atoms with E-state index in [4.69, 9.17) is 53.7 Å². The third kappa shape index (κ3) is 20.7. The van der Waals surface area contributed by atoms with Crippen molar-refractivity contribution in [2.24, 2.45) is 11.8 Å². The van der Waals surface area contributed by atoms with Gasteiger partial charge in [-0.2, -0.15) is 10.3 Å². The Morgan fingerprint density at radius 2 is 1.03 bits per heavy atom. The lowest BCUT2D eigenvalue weighted by Gasteiger charge is -2.26. The minimum absolute atomic E-state index is 0.0164. The number of rotatable bonds is 21. The van der Waals surface area contributed by atoms with E-state index in [0.29, 0.717) is 22.4 Å². The van der Waals surface area contributed by atoms with Gasteiger partial charge in [0.1, 0.15) is 0 Å². The number of H-pyrrole nitrogens is 2. The van der Waals surface area contributed by atoms with Crippen LogP contribution < -0.4 is 22.0 Å². The van der Waals surface area contributed by atoms with Gasteiger partial charge >= 0.3 is 29.7 Å². The number of carbonyl (C=O) groups excluding carboxylic acids is 4. The van der Waals surface area contributed by atoms with Crippen LogP contribution in [0, 0.1) is 11.8 Å². The van der Waals surface area contributed by atoms with Crippen LogP contribution >= 0.6 is 34.8 Å². The minimum Gasteiger partial charge on any atom is -0.479 e. The summed E-state index contributed by atoms with van der Waals surface area (Å²) in [6.07, 6.45) is -2.73. The second-order valence-electron chi connectivity index (χ2n) is 16.9. The van der Waals surface area contributed by atoms with E-state index >= 15 is 0 Å². The Labute approximate surface area is 432 Å². The molecule has 0 aliphatic heterocycles. The van der Waals surface area contributed by atoms with Crippen LogP contribution in [0.5, 0.6) is 0 Å². The van der Waals surface area contributed by atoms with Gasteiger partial charge < -0.3 is 29.1 Å². The van der Waals surface area contributed by atoms with Crippen molar-refractivity contribution in [1.29, 1.82) is 0 Å². The smallest absolute Gasteiger partial charge is 0.346 e. The molecule has 73 heavy (non-hydrogen) atoms. The Balaban J connectivity index is 0.000000283. The molecule has 2 aromatic heterocycles. The van der Waals surface area contributed by atoms with E-state index in [-0.39, 0.29) is 55.3 Å². The molecular weight excluding hydrogens is 1010 g/mol. The summed E-state index contributed by atoms with van der Waals surface area (Å²) in [5.41, 5.74) is 8.93. The van der Waals surface area contributed by atoms with Crippen LogP contribution in [0.3, 0.4) is 0 Å². The molecule has 6 aromatic rings. The van der Waals surface area contributed by atoms with Gasteiger partial charge in [0.05, 0.1) is 25.2 Å². The normalized spacial score (nSPS) is 11.7. The number of aromatic nitrogens is 2. The zero-order chi connectivity index (χ0) is 53.8. The minimum atomic E-state index is -1.73. The van der Waals surface area contributed by atoms with Crippen LogP contribution in [-0.4, -0.2) is 95.9 Å². The second-order valence-corrected chi connectivity index (χ2v) is 18.2. The number of nitrogens with zero attached hydrogens (tertiary/aromatic N) is 2. The van der Waals surface area contributed by atoms with Crippen molar-refractivity contribution in [3.05, 3.63) is 163 Å². The average Bonchev–Trinajstić information content (AvgIpc) is 3.97.